The lowest BCUT2D eigenvalue weighted by Crippen LogP contribution is -2.40. The van der Waals surface area contributed by atoms with Crippen molar-refractivity contribution in [2.45, 2.75) is 52.2 Å². The Hall–Kier alpha value is -1.39. The molecule has 1 amide bonds. The summed E-state index contributed by atoms with van der Waals surface area (Å²) >= 11 is 0. The Labute approximate surface area is 120 Å². The fourth-order valence-electron chi connectivity index (χ4n) is 2.55. The van der Waals surface area contributed by atoms with Crippen LogP contribution in [0.15, 0.2) is 30.3 Å². The van der Waals surface area contributed by atoms with Crippen LogP contribution in [0.3, 0.4) is 0 Å². The van der Waals surface area contributed by atoms with Crippen molar-refractivity contribution in [1.82, 2.24) is 4.90 Å². The van der Waals surface area contributed by atoms with Crippen molar-refractivity contribution in [3.63, 3.8) is 0 Å². The van der Waals surface area contributed by atoms with Crippen molar-refractivity contribution in [2.24, 2.45) is 5.92 Å². The van der Waals surface area contributed by atoms with Crippen LogP contribution in [0.5, 0.6) is 0 Å². The predicted octanol–water partition coefficient (Wildman–Crippen LogP) is 2.69. The van der Waals surface area contributed by atoms with E-state index in [2.05, 4.69) is 13.8 Å². The molecular formula is C16H23NO3. The Bertz CT molecular complexity index is 446. The van der Waals surface area contributed by atoms with Crippen LogP contribution < -0.4 is 0 Å². The van der Waals surface area contributed by atoms with E-state index in [1.165, 1.54) is 4.90 Å². The van der Waals surface area contributed by atoms with Crippen LogP contribution in [0.1, 0.15) is 45.3 Å². The highest BCUT2D eigenvalue weighted by Gasteiger charge is 2.41. The molecule has 0 radical (unpaired) electrons. The van der Waals surface area contributed by atoms with Gasteiger partial charge in [0.1, 0.15) is 6.10 Å². The van der Waals surface area contributed by atoms with Gasteiger partial charge in [-0.15, -0.1) is 0 Å². The highest BCUT2D eigenvalue weighted by Crippen LogP contribution is 2.34. The fourth-order valence-corrected chi connectivity index (χ4v) is 2.55. The van der Waals surface area contributed by atoms with Gasteiger partial charge in [-0.1, -0.05) is 44.2 Å². The summed E-state index contributed by atoms with van der Waals surface area (Å²) < 4.78 is 5.56. The molecule has 0 aliphatic carbocycles. The molecule has 0 bridgehead atoms. The van der Waals surface area contributed by atoms with Gasteiger partial charge in [-0.05, 0) is 24.8 Å². The van der Waals surface area contributed by atoms with Crippen LogP contribution in [-0.2, 0) is 9.53 Å². The Kier molecular flexibility index (Phi) is 4.78. The molecule has 1 saturated heterocycles. The van der Waals surface area contributed by atoms with Gasteiger partial charge in [0.15, 0.2) is 0 Å². The molecule has 1 aliphatic heterocycles. The molecule has 110 valence electrons. The van der Waals surface area contributed by atoms with Crippen molar-refractivity contribution >= 4 is 5.91 Å². The number of amides is 1. The molecule has 1 N–H and O–H groups in total. The maximum absolute atomic E-state index is 12.2. The Morgan fingerprint density at radius 2 is 2.00 bits per heavy atom. The topological polar surface area (TPSA) is 49.8 Å². The van der Waals surface area contributed by atoms with E-state index in [4.69, 9.17) is 4.74 Å². The summed E-state index contributed by atoms with van der Waals surface area (Å²) in [6, 6.07) is 9.55. The lowest BCUT2D eigenvalue weighted by molar-refractivity contribution is -0.170. The molecule has 0 spiro atoms. The van der Waals surface area contributed by atoms with E-state index in [0.717, 1.165) is 12.0 Å². The number of carbonyl (C=O) groups is 1. The number of benzene rings is 1. The second-order valence-corrected chi connectivity index (χ2v) is 5.77. The maximum Gasteiger partial charge on any atom is 0.241 e. The van der Waals surface area contributed by atoms with Crippen molar-refractivity contribution < 1.29 is 14.6 Å². The molecular weight excluding hydrogens is 254 g/mol. The van der Waals surface area contributed by atoms with Crippen LogP contribution in [0, 0.1) is 5.92 Å². The van der Waals surface area contributed by atoms with Gasteiger partial charge < -0.3 is 9.84 Å². The zero-order valence-electron chi connectivity index (χ0n) is 12.3. The average Bonchev–Trinajstić information content (AvgIpc) is 2.72. The van der Waals surface area contributed by atoms with E-state index < -0.39 is 6.41 Å². The van der Waals surface area contributed by atoms with Crippen LogP contribution >= 0.6 is 0 Å². The van der Waals surface area contributed by atoms with E-state index in [9.17, 15) is 9.90 Å². The summed E-state index contributed by atoms with van der Waals surface area (Å²) in [7, 11) is 0. The van der Waals surface area contributed by atoms with Gasteiger partial charge >= 0.3 is 0 Å². The number of hydrogen-bond acceptors (Lipinski definition) is 3. The number of carbonyl (C=O) groups excluding carboxylic acids is 1. The van der Waals surface area contributed by atoms with Gasteiger partial charge in [-0.3, -0.25) is 9.69 Å². The molecule has 1 fully saturated rings. The SMILES string of the molecule is CC(C)CCC(=O)N1C(O)O[C@@H](c2ccccc2)[C@H]1C. The number of nitrogens with zero attached hydrogens (tertiary/aromatic N) is 1. The van der Waals surface area contributed by atoms with Crippen molar-refractivity contribution in [3.8, 4) is 0 Å². The zero-order valence-corrected chi connectivity index (χ0v) is 12.3. The first kappa shape index (κ1) is 15.0. The van der Waals surface area contributed by atoms with Gasteiger partial charge in [0.2, 0.25) is 12.3 Å². The van der Waals surface area contributed by atoms with Crippen molar-refractivity contribution in [3.05, 3.63) is 35.9 Å². The summed E-state index contributed by atoms with van der Waals surface area (Å²) in [5.74, 6) is 0.428. The predicted molar refractivity (Wildman–Crippen MR) is 76.7 cm³/mol. The number of aliphatic hydroxyl groups excluding tert-OH is 1. The number of rotatable bonds is 4. The monoisotopic (exact) mass is 277 g/mol. The van der Waals surface area contributed by atoms with E-state index in [1.54, 1.807) is 0 Å². The molecule has 1 heterocycles. The van der Waals surface area contributed by atoms with Crippen LogP contribution in [0.25, 0.3) is 0 Å². The normalized spacial score (nSPS) is 26.2. The van der Waals surface area contributed by atoms with Crippen molar-refractivity contribution in [1.29, 1.82) is 0 Å². The summed E-state index contributed by atoms with van der Waals surface area (Å²) in [6.45, 7) is 6.09. The van der Waals surface area contributed by atoms with Gasteiger partial charge in [-0.2, -0.15) is 0 Å². The smallest absolute Gasteiger partial charge is 0.241 e. The Morgan fingerprint density at radius 1 is 1.35 bits per heavy atom. The number of ether oxygens (including phenoxy) is 1. The summed E-state index contributed by atoms with van der Waals surface area (Å²) in [6.07, 6.45) is -0.140. The number of aliphatic hydroxyl groups is 1. The largest absolute Gasteiger partial charge is 0.351 e. The average molecular weight is 277 g/mol. The molecule has 4 nitrogen and oxygen atoms in total. The molecule has 1 aliphatic rings. The van der Waals surface area contributed by atoms with Gasteiger partial charge in [0, 0.05) is 6.42 Å². The summed E-state index contributed by atoms with van der Waals surface area (Å²) in [4.78, 5) is 13.7. The zero-order chi connectivity index (χ0) is 14.7. The lowest BCUT2D eigenvalue weighted by atomic mass is 10.0. The molecule has 2 rings (SSSR count). The Morgan fingerprint density at radius 3 is 2.60 bits per heavy atom. The molecule has 0 saturated carbocycles. The highest BCUT2D eigenvalue weighted by atomic mass is 16.6. The minimum absolute atomic E-state index is 0.0443. The van der Waals surface area contributed by atoms with Gasteiger partial charge in [-0.25, -0.2) is 0 Å². The number of hydrogen-bond donors (Lipinski definition) is 1. The molecule has 1 aromatic carbocycles. The van der Waals surface area contributed by atoms with Crippen LogP contribution in [-0.4, -0.2) is 28.4 Å². The first-order valence-corrected chi connectivity index (χ1v) is 7.20. The third-order valence-corrected chi connectivity index (χ3v) is 3.73. The first-order chi connectivity index (χ1) is 9.50. The van der Waals surface area contributed by atoms with E-state index >= 15 is 0 Å². The molecule has 1 aromatic rings. The molecule has 0 aromatic heterocycles. The molecule has 1 unspecified atom stereocenters. The minimum atomic E-state index is -1.14. The third kappa shape index (κ3) is 3.19. The fraction of sp³-hybridized carbons (Fsp3) is 0.562. The molecule has 3 atom stereocenters. The third-order valence-electron chi connectivity index (χ3n) is 3.73. The molecule has 4 heteroatoms. The van der Waals surface area contributed by atoms with E-state index in [0.29, 0.717) is 12.3 Å². The maximum atomic E-state index is 12.2. The second kappa shape index (κ2) is 6.37. The first-order valence-electron chi connectivity index (χ1n) is 7.20. The van der Waals surface area contributed by atoms with Crippen LogP contribution in [0.2, 0.25) is 0 Å². The lowest BCUT2D eigenvalue weighted by Gasteiger charge is -2.24. The summed E-state index contributed by atoms with van der Waals surface area (Å²) in [5, 5.41) is 10.0. The van der Waals surface area contributed by atoms with Gasteiger partial charge in [0.05, 0.1) is 6.04 Å². The standard InChI is InChI=1S/C16H23NO3/c1-11(2)9-10-14(18)17-12(3)15(20-16(17)19)13-7-5-4-6-8-13/h4-8,11-12,15-16,19H,9-10H2,1-3H3/t12-,15-,16?/m1/s1. The van der Waals surface area contributed by atoms with Crippen LogP contribution in [0.4, 0.5) is 0 Å². The van der Waals surface area contributed by atoms with E-state index in [-0.39, 0.29) is 18.1 Å². The van der Waals surface area contributed by atoms with Gasteiger partial charge in [0.25, 0.3) is 0 Å². The Balaban J connectivity index is 2.07. The quantitative estimate of drug-likeness (QED) is 0.920. The second-order valence-electron chi connectivity index (χ2n) is 5.77. The molecule has 20 heavy (non-hydrogen) atoms. The minimum Gasteiger partial charge on any atom is -0.351 e. The summed E-state index contributed by atoms with van der Waals surface area (Å²) in [5.41, 5.74) is 0.984. The van der Waals surface area contributed by atoms with E-state index in [1.807, 2.05) is 37.3 Å². The van der Waals surface area contributed by atoms with Crippen molar-refractivity contribution in [2.75, 3.05) is 0 Å². The highest BCUT2D eigenvalue weighted by molar-refractivity contribution is 5.77.